The minimum absolute atomic E-state index is 0.0947. The van der Waals surface area contributed by atoms with E-state index in [1.165, 1.54) is 12.1 Å². The summed E-state index contributed by atoms with van der Waals surface area (Å²) < 4.78 is 0. The van der Waals surface area contributed by atoms with E-state index in [-0.39, 0.29) is 33.8 Å². The summed E-state index contributed by atoms with van der Waals surface area (Å²) in [5.74, 6) is -1.90. The lowest BCUT2D eigenvalue weighted by atomic mass is 9.81. The Morgan fingerprint density at radius 2 is 0.630 bits per heavy atom. The summed E-state index contributed by atoms with van der Waals surface area (Å²) in [7, 11) is 0. The van der Waals surface area contributed by atoms with Crippen LogP contribution < -0.4 is 21.3 Å². The largest absolute Gasteiger partial charge is 0.507 e. The number of ketones is 2. The molecule has 0 bridgehead atoms. The summed E-state index contributed by atoms with van der Waals surface area (Å²) in [5, 5.41) is 34.5. The van der Waals surface area contributed by atoms with Crippen molar-refractivity contribution in [3.63, 3.8) is 0 Å². The summed E-state index contributed by atoms with van der Waals surface area (Å²) in [6, 6.07) is 40.5. The second-order valence-corrected chi connectivity index (χ2v) is 10.8. The molecule has 0 atom stereocenters. The highest BCUT2D eigenvalue weighted by atomic mass is 16.3. The highest BCUT2D eigenvalue weighted by molar-refractivity contribution is 6.33. The molecule has 0 amide bonds. The van der Waals surface area contributed by atoms with Crippen LogP contribution in [0.4, 0.5) is 45.5 Å². The number of phenols is 2. The summed E-state index contributed by atoms with van der Waals surface area (Å²) in [6.45, 7) is 0. The molecule has 6 aromatic carbocycles. The van der Waals surface area contributed by atoms with Crippen molar-refractivity contribution >= 4 is 57.1 Å². The van der Waals surface area contributed by atoms with Gasteiger partial charge in [-0.2, -0.15) is 0 Å². The molecule has 1 aliphatic carbocycles. The zero-order valence-electron chi connectivity index (χ0n) is 24.4. The normalized spacial score (nSPS) is 11.7. The zero-order chi connectivity index (χ0) is 31.6. The van der Waals surface area contributed by atoms with Gasteiger partial charge in [-0.05, 0) is 97.1 Å². The van der Waals surface area contributed by atoms with Crippen LogP contribution in [0, 0.1) is 0 Å². The number of aromatic hydroxyl groups is 2. The molecule has 8 nitrogen and oxygen atoms in total. The van der Waals surface area contributed by atoms with Gasteiger partial charge in [0.05, 0.1) is 33.6 Å². The predicted molar refractivity (Wildman–Crippen MR) is 182 cm³/mol. The molecular formula is C38H28N4O4. The molecule has 0 aromatic heterocycles. The summed E-state index contributed by atoms with van der Waals surface area (Å²) in [5.41, 5.74) is 5.55. The van der Waals surface area contributed by atoms with Crippen LogP contribution in [-0.2, 0) is 0 Å². The second-order valence-electron chi connectivity index (χ2n) is 10.8. The Morgan fingerprint density at radius 3 is 0.978 bits per heavy atom. The molecule has 46 heavy (non-hydrogen) atoms. The number of anilines is 8. The molecule has 8 heteroatoms. The van der Waals surface area contributed by atoms with Crippen molar-refractivity contribution in [1.82, 2.24) is 0 Å². The number of hydrogen-bond donors (Lipinski definition) is 6. The monoisotopic (exact) mass is 604 g/mol. The molecule has 6 N–H and O–H groups in total. The molecule has 224 valence electrons. The highest BCUT2D eigenvalue weighted by Crippen LogP contribution is 2.43. The molecule has 1 aliphatic rings. The van der Waals surface area contributed by atoms with E-state index >= 15 is 0 Å². The van der Waals surface area contributed by atoms with Crippen molar-refractivity contribution in [3.8, 4) is 11.5 Å². The minimum Gasteiger partial charge on any atom is -0.507 e. The number of carbonyl (C=O) groups is 2. The first-order valence-electron chi connectivity index (χ1n) is 14.6. The lowest BCUT2D eigenvalue weighted by Crippen LogP contribution is -2.24. The summed E-state index contributed by atoms with van der Waals surface area (Å²) in [4.78, 5) is 28.0. The predicted octanol–water partition coefficient (Wildman–Crippen LogP) is 8.85. The molecule has 0 aliphatic heterocycles. The van der Waals surface area contributed by atoms with Gasteiger partial charge in [0.2, 0.25) is 11.6 Å². The molecule has 7 rings (SSSR count). The Balaban J connectivity index is 1.23. The van der Waals surface area contributed by atoms with Crippen LogP contribution in [0.2, 0.25) is 0 Å². The lowest BCUT2D eigenvalue weighted by molar-refractivity contribution is 0.0975. The minimum atomic E-state index is -0.575. The number of phenolic OH excluding ortho intramolecular Hbond substituents is 2. The van der Waals surface area contributed by atoms with Crippen molar-refractivity contribution in [2.24, 2.45) is 0 Å². The van der Waals surface area contributed by atoms with Crippen molar-refractivity contribution in [2.45, 2.75) is 0 Å². The van der Waals surface area contributed by atoms with E-state index in [9.17, 15) is 19.8 Å². The maximum absolute atomic E-state index is 14.0. The average Bonchev–Trinajstić information content (AvgIpc) is 3.08. The number of carbonyl (C=O) groups excluding carboxylic acids is 2. The van der Waals surface area contributed by atoms with Gasteiger partial charge >= 0.3 is 0 Å². The number of fused-ring (bicyclic) bond motifs is 2. The standard InChI is InChI=1S/C38H28N4O4/c43-31-21-22-32(44)36-35(31)37(45)33-29(41-27-15-11-25(12-16-27)39-23-7-3-1-4-8-23)19-20-30(34(33)38(36)46)42-28-17-13-26(14-18-28)40-24-9-5-2-6-10-24/h1-22,39-44H. The smallest absolute Gasteiger partial charge is 0.200 e. The van der Waals surface area contributed by atoms with E-state index in [1.807, 2.05) is 109 Å². The maximum atomic E-state index is 14.0. The first-order valence-corrected chi connectivity index (χ1v) is 14.6. The quantitative estimate of drug-likeness (QED) is 0.0951. The van der Waals surface area contributed by atoms with Crippen LogP contribution in [0.3, 0.4) is 0 Å². The molecule has 0 radical (unpaired) electrons. The van der Waals surface area contributed by atoms with E-state index < -0.39 is 11.6 Å². The molecule has 6 aromatic rings. The van der Waals surface area contributed by atoms with Crippen LogP contribution in [0.25, 0.3) is 0 Å². The third-order valence-corrected chi connectivity index (χ3v) is 7.73. The molecule has 0 fully saturated rings. The van der Waals surface area contributed by atoms with Crippen LogP contribution in [0.15, 0.2) is 133 Å². The maximum Gasteiger partial charge on any atom is 0.200 e. The van der Waals surface area contributed by atoms with E-state index in [2.05, 4.69) is 21.3 Å². The van der Waals surface area contributed by atoms with Crippen molar-refractivity contribution < 1.29 is 19.8 Å². The van der Waals surface area contributed by atoms with Crippen molar-refractivity contribution in [3.05, 3.63) is 156 Å². The number of benzene rings is 6. The molecule has 0 saturated heterocycles. The van der Waals surface area contributed by atoms with Gasteiger partial charge in [0.15, 0.2) is 0 Å². The lowest BCUT2D eigenvalue weighted by Gasteiger charge is -2.25. The third-order valence-electron chi connectivity index (χ3n) is 7.73. The van der Waals surface area contributed by atoms with Crippen molar-refractivity contribution in [1.29, 1.82) is 0 Å². The van der Waals surface area contributed by atoms with Crippen LogP contribution >= 0.6 is 0 Å². The van der Waals surface area contributed by atoms with E-state index in [0.717, 1.165) is 22.7 Å². The molecule has 0 heterocycles. The van der Waals surface area contributed by atoms with Gasteiger partial charge < -0.3 is 31.5 Å². The zero-order valence-corrected chi connectivity index (χ0v) is 24.4. The van der Waals surface area contributed by atoms with Gasteiger partial charge in [0.1, 0.15) is 11.5 Å². The fraction of sp³-hybridized carbons (Fsp3) is 0. The fourth-order valence-corrected chi connectivity index (χ4v) is 5.53. The second kappa shape index (κ2) is 11.9. The number of para-hydroxylation sites is 2. The Morgan fingerprint density at radius 1 is 0.326 bits per heavy atom. The highest BCUT2D eigenvalue weighted by Gasteiger charge is 2.38. The van der Waals surface area contributed by atoms with E-state index in [0.29, 0.717) is 22.7 Å². The Kier molecular flexibility index (Phi) is 7.28. The SMILES string of the molecule is O=C1c2c(O)ccc(O)c2C(=O)c2c(Nc3ccc(Nc4ccccc4)cc3)ccc(Nc3ccc(Nc4ccccc4)cc3)c21. The molecule has 0 spiro atoms. The molecular weight excluding hydrogens is 576 g/mol. The van der Waals surface area contributed by atoms with Crippen LogP contribution in [0.1, 0.15) is 31.8 Å². The Labute approximate surface area is 265 Å². The Hall–Kier alpha value is -6.54. The van der Waals surface area contributed by atoms with Crippen LogP contribution in [-0.4, -0.2) is 21.8 Å². The van der Waals surface area contributed by atoms with Crippen LogP contribution in [0.5, 0.6) is 11.5 Å². The van der Waals surface area contributed by atoms with E-state index in [4.69, 9.17) is 0 Å². The van der Waals surface area contributed by atoms with Gasteiger partial charge in [-0.1, -0.05) is 36.4 Å². The third kappa shape index (κ3) is 5.46. The molecule has 0 saturated carbocycles. The van der Waals surface area contributed by atoms with E-state index in [1.54, 1.807) is 12.1 Å². The summed E-state index contributed by atoms with van der Waals surface area (Å²) in [6.07, 6.45) is 0. The van der Waals surface area contributed by atoms with Gasteiger partial charge in [-0.25, -0.2) is 0 Å². The Bertz CT molecular complexity index is 1930. The number of nitrogens with one attached hydrogen (secondary N) is 4. The topological polar surface area (TPSA) is 123 Å². The fourth-order valence-electron chi connectivity index (χ4n) is 5.53. The van der Waals surface area contributed by atoms with Gasteiger partial charge in [0.25, 0.3) is 0 Å². The summed E-state index contributed by atoms with van der Waals surface area (Å²) >= 11 is 0. The average molecular weight is 605 g/mol. The van der Waals surface area contributed by atoms with Gasteiger partial charge in [-0.3, -0.25) is 9.59 Å². The number of rotatable bonds is 8. The van der Waals surface area contributed by atoms with Gasteiger partial charge in [0, 0.05) is 34.1 Å². The first-order chi connectivity index (χ1) is 22.4. The first kappa shape index (κ1) is 28.2. The van der Waals surface area contributed by atoms with Gasteiger partial charge in [-0.15, -0.1) is 0 Å². The van der Waals surface area contributed by atoms with Crippen molar-refractivity contribution in [2.75, 3.05) is 21.3 Å². The molecule has 0 unspecified atom stereocenters. The number of hydrogen-bond acceptors (Lipinski definition) is 8.